The zero-order valence-corrected chi connectivity index (χ0v) is 12.5. The van der Waals surface area contributed by atoms with E-state index in [4.69, 9.17) is 10.5 Å². The van der Waals surface area contributed by atoms with E-state index < -0.39 is 11.8 Å². The lowest BCUT2D eigenvalue weighted by atomic mass is 10.1. The number of nitrogens with one attached hydrogen (secondary N) is 1. The third kappa shape index (κ3) is 4.16. The summed E-state index contributed by atoms with van der Waals surface area (Å²) in [5.74, 6) is -1.00. The number of benzene rings is 2. The standard InChI is InChI=1S/C17H16N2O4/c1-11(20)12-6-2-4-8-14(12)19-16(21)10-23-15-9-5-3-7-13(15)17(18)22/h2-9H,10H2,1H3,(H2,18,22)(H,19,21). The summed E-state index contributed by atoms with van der Waals surface area (Å²) >= 11 is 0. The van der Waals surface area contributed by atoms with Crippen LogP contribution >= 0.6 is 0 Å². The number of amides is 2. The van der Waals surface area contributed by atoms with E-state index in [1.807, 2.05) is 0 Å². The minimum absolute atomic E-state index is 0.152. The van der Waals surface area contributed by atoms with Crippen molar-refractivity contribution in [3.8, 4) is 5.75 Å². The maximum absolute atomic E-state index is 12.0. The van der Waals surface area contributed by atoms with Gasteiger partial charge in [0, 0.05) is 5.56 Å². The average Bonchev–Trinajstić information content (AvgIpc) is 2.53. The number of ketones is 1. The Kier molecular flexibility index (Phi) is 5.09. The number of carbonyl (C=O) groups excluding carboxylic acids is 3. The zero-order valence-electron chi connectivity index (χ0n) is 12.5. The maximum atomic E-state index is 12.0. The van der Waals surface area contributed by atoms with Gasteiger partial charge in [-0.05, 0) is 31.2 Å². The molecule has 6 heteroatoms. The molecule has 6 nitrogen and oxygen atoms in total. The lowest BCUT2D eigenvalue weighted by Crippen LogP contribution is -2.22. The molecule has 0 bridgehead atoms. The lowest BCUT2D eigenvalue weighted by Gasteiger charge is -2.11. The van der Waals surface area contributed by atoms with E-state index in [0.717, 1.165) is 0 Å². The van der Waals surface area contributed by atoms with Crippen molar-refractivity contribution in [1.82, 2.24) is 0 Å². The van der Waals surface area contributed by atoms with E-state index >= 15 is 0 Å². The molecule has 2 rings (SSSR count). The first kappa shape index (κ1) is 16.2. The third-order valence-corrected chi connectivity index (χ3v) is 3.09. The molecule has 2 amide bonds. The molecule has 0 spiro atoms. The monoisotopic (exact) mass is 312 g/mol. The normalized spacial score (nSPS) is 9.96. The van der Waals surface area contributed by atoms with Gasteiger partial charge in [-0.3, -0.25) is 14.4 Å². The molecule has 0 atom stereocenters. The minimum Gasteiger partial charge on any atom is -0.483 e. The summed E-state index contributed by atoms with van der Waals surface area (Å²) < 4.78 is 5.33. The van der Waals surface area contributed by atoms with Crippen LogP contribution in [0.15, 0.2) is 48.5 Å². The molecule has 0 heterocycles. The Morgan fingerprint density at radius 1 is 1.00 bits per heavy atom. The number of carbonyl (C=O) groups is 3. The third-order valence-electron chi connectivity index (χ3n) is 3.09. The van der Waals surface area contributed by atoms with Crippen molar-refractivity contribution in [2.75, 3.05) is 11.9 Å². The number of anilines is 1. The van der Waals surface area contributed by atoms with Crippen molar-refractivity contribution in [3.05, 3.63) is 59.7 Å². The molecule has 0 unspecified atom stereocenters. The predicted octanol–water partition coefficient (Wildman–Crippen LogP) is 2.01. The minimum atomic E-state index is -0.636. The molecule has 23 heavy (non-hydrogen) atoms. The van der Waals surface area contributed by atoms with Crippen molar-refractivity contribution < 1.29 is 19.1 Å². The number of hydrogen-bond donors (Lipinski definition) is 2. The van der Waals surface area contributed by atoms with E-state index in [1.165, 1.54) is 13.0 Å². The molecule has 0 aliphatic rings. The van der Waals surface area contributed by atoms with Crippen molar-refractivity contribution in [1.29, 1.82) is 0 Å². The summed E-state index contributed by atoms with van der Waals surface area (Å²) in [6.45, 7) is 1.11. The first-order chi connectivity index (χ1) is 11.0. The quantitative estimate of drug-likeness (QED) is 0.797. The van der Waals surface area contributed by atoms with E-state index in [9.17, 15) is 14.4 Å². The molecule has 0 radical (unpaired) electrons. The molecule has 0 aliphatic carbocycles. The summed E-state index contributed by atoms with van der Waals surface area (Å²) in [4.78, 5) is 34.8. The van der Waals surface area contributed by atoms with Gasteiger partial charge in [-0.2, -0.15) is 0 Å². The number of para-hydroxylation sites is 2. The van der Waals surface area contributed by atoms with Crippen molar-refractivity contribution >= 4 is 23.3 Å². The molecule has 0 fully saturated rings. The van der Waals surface area contributed by atoms with Crippen molar-refractivity contribution in [2.45, 2.75) is 6.92 Å². The van der Waals surface area contributed by atoms with Gasteiger partial charge in [0.25, 0.3) is 11.8 Å². The van der Waals surface area contributed by atoms with Crippen LogP contribution in [-0.2, 0) is 4.79 Å². The molecular formula is C17H16N2O4. The zero-order chi connectivity index (χ0) is 16.8. The number of nitrogens with two attached hydrogens (primary N) is 1. The highest BCUT2D eigenvalue weighted by Gasteiger charge is 2.12. The smallest absolute Gasteiger partial charge is 0.262 e. The fourth-order valence-electron chi connectivity index (χ4n) is 2.02. The molecule has 0 saturated heterocycles. The van der Waals surface area contributed by atoms with E-state index in [-0.39, 0.29) is 23.7 Å². The average molecular weight is 312 g/mol. The van der Waals surface area contributed by atoms with Crippen molar-refractivity contribution in [3.63, 3.8) is 0 Å². The Hall–Kier alpha value is -3.15. The maximum Gasteiger partial charge on any atom is 0.262 e. The Balaban J connectivity index is 2.04. The van der Waals surface area contributed by atoms with Crippen LogP contribution in [0.3, 0.4) is 0 Å². The van der Waals surface area contributed by atoms with Crippen LogP contribution in [0.1, 0.15) is 27.6 Å². The van der Waals surface area contributed by atoms with Crippen LogP contribution in [0.25, 0.3) is 0 Å². The van der Waals surface area contributed by atoms with Gasteiger partial charge in [-0.1, -0.05) is 24.3 Å². The number of ether oxygens (including phenoxy) is 1. The van der Waals surface area contributed by atoms with Gasteiger partial charge in [-0.15, -0.1) is 0 Å². The molecule has 0 saturated carbocycles. The van der Waals surface area contributed by atoms with Crippen molar-refractivity contribution in [2.24, 2.45) is 5.73 Å². The highest BCUT2D eigenvalue weighted by Crippen LogP contribution is 2.18. The topological polar surface area (TPSA) is 98.5 Å². The summed E-state index contributed by atoms with van der Waals surface area (Å²) in [5, 5.41) is 2.61. The second-order valence-corrected chi connectivity index (χ2v) is 4.80. The van der Waals surface area contributed by atoms with Gasteiger partial charge in [0.2, 0.25) is 0 Å². The second-order valence-electron chi connectivity index (χ2n) is 4.80. The Morgan fingerprint density at radius 3 is 2.26 bits per heavy atom. The van der Waals surface area contributed by atoms with E-state index in [2.05, 4.69) is 5.32 Å². The van der Waals surface area contributed by atoms with Gasteiger partial charge in [0.15, 0.2) is 12.4 Å². The van der Waals surface area contributed by atoms with Crippen LogP contribution in [0.5, 0.6) is 5.75 Å². The van der Waals surface area contributed by atoms with Gasteiger partial charge >= 0.3 is 0 Å². The van der Waals surface area contributed by atoms with Crippen LogP contribution < -0.4 is 15.8 Å². The molecule has 3 N–H and O–H groups in total. The number of Topliss-reactive ketones (excluding diaryl/α,β-unsaturated/α-hetero) is 1. The summed E-state index contributed by atoms with van der Waals surface area (Å²) in [6, 6.07) is 13.1. The number of hydrogen-bond acceptors (Lipinski definition) is 4. The Morgan fingerprint density at radius 2 is 1.61 bits per heavy atom. The molecule has 0 aromatic heterocycles. The van der Waals surface area contributed by atoms with Gasteiger partial charge in [0.05, 0.1) is 11.3 Å². The molecule has 0 aliphatic heterocycles. The number of rotatable bonds is 6. The van der Waals surface area contributed by atoms with Crippen LogP contribution in [-0.4, -0.2) is 24.2 Å². The van der Waals surface area contributed by atoms with Crippen LogP contribution in [0, 0.1) is 0 Å². The second kappa shape index (κ2) is 7.22. The first-order valence-electron chi connectivity index (χ1n) is 6.90. The highest BCUT2D eigenvalue weighted by molar-refractivity contribution is 6.04. The van der Waals surface area contributed by atoms with Gasteiger partial charge in [-0.25, -0.2) is 0 Å². The largest absolute Gasteiger partial charge is 0.483 e. The summed E-state index contributed by atoms with van der Waals surface area (Å²) in [6.07, 6.45) is 0. The first-order valence-corrected chi connectivity index (χ1v) is 6.90. The van der Waals surface area contributed by atoms with Crippen LogP contribution in [0.4, 0.5) is 5.69 Å². The summed E-state index contributed by atoms with van der Waals surface area (Å²) in [7, 11) is 0. The summed E-state index contributed by atoms with van der Waals surface area (Å²) in [5.41, 5.74) is 6.27. The fourth-order valence-corrected chi connectivity index (χ4v) is 2.02. The molecule has 118 valence electrons. The van der Waals surface area contributed by atoms with E-state index in [1.54, 1.807) is 42.5 Å². The Labute approximate surface area is 133 Å². The van der Waals surface area contributed by atoms with Gasteiger partial charge < -0.3 is 15.8 Å². The Bertz CT molecular complexity index is 756. The van der Waals surface area contributed by atoms with Crippen LogP contribution in [0.2, 0.25) is 0 Å². The highest BCUT2D eigenvalue weighted by atomic mass is 16.5. The lowest BCUT2D eigenvalue weighted by molar-refractivity contribution is -0.118. The van der Waals surface area contributed by atoms with Gasteiger partial charge in [0.1, 0.15) is 5.75 Å². The molecular weight excluding hydrogens is 296 g/mol. The fraction of sp³-hybridized carbons (Fsp3) is 0.118. The molecule has 2 aromatic carbocycles. The predicted molar refractivity (Wildman–Crippen MR) is 85.5 cm³/mol. The SMILES string of the molecule is CC(=O)c1ccccc1NC(=O)COc1ccccc1C(N)=O. The molecule has 2 aromatic rings. The number of primary amides is 1. The van der Waals surface area contributed by atoms with E-state index in [0.29, 0.717) is 11.3 Å².